The molecule has 84 heavy (non-hydrogen) atoms. The summed E-state index contributed by atoms with van der Waals surface area (Å²) in [5.41, 5.74) is 4.89. The van der Waals surface area contributed by atoms with Crippen LogP contribution in [-0.2, 0) is 27.1 Å². The topological polar surface area (TPSA) is 209 Å². The molecule has 2 aliphatic carbocycles. The van der Waals surface area contributed by atoms with Crippen molar-refractivity contribution in [2.24, 2.45) is 11.8 Å². The molecule has 5 saturated heterocycles. The smallest absolute Gasteiger partial charge is 0.251 e. The molecule has 7 heterocycles. The molecule has 1 unspecified atom stereocenters. The van der Waals surface area contributed by atoms with Crippen molar-refractivity contribution < 1.29 is 29.0 Å². The van der Waals surface area contributed by atoms with Crippen molar-refractivity contribution in [2.45, 2.75) is 146 Å². The monoisotopic (exact) mass is 1150 g/mol. The van der Waals surface area contributed by atoms with E-state index in [2.05, 4.69) is 56.7 Å². The summed E-state index contributed by atoms with van der Waals surface area (Å²) in [6.45, 7) is 15.8. The maximum absolute atomic E-state index is 13.8. The second-order valence-electron chi connectivity index (χ2n) is 24.6. The third-order valence-electron chi connectivity index (χ3n) is 19.3. The number of aromatic nitrogens is 4. The second kappa shape index (κ2) is 28.0. The first-order valence-corrected chi connectivity index (χ1v) is 31.8. The Morgan fingerprint density at radius 2 is 1.02 bits per heavy atom. The number of morpholine rings is 2. The molecule has 5 N–H and O–H groups in total. The molecule has 20 heteroatoms. The van der Waals surface area contributed by atoms with Gasteiger partial charge in [-0.05, 0) is 146 Å². The van der Waals surface area contributed by atoms with Crippen LogP contribution >= 0.6 is 0 Å². The molecule has 11 rings (SSSR count). The molecule has 3 amide bonds. The van der Waals surface area contributed by atoms with E-state index in [4.69, 9.17) is 29.4 Å². The zero-order valence-corrected chi connectivity index (χ0v) is 50.2. The molecular weight excluding hydrogens is 1060 g/mol. The fourth-order valence-corrected chi connectivity index (χ4v) is 14.6. The molecule has 4 aromatic rings. The van der Waals surface area contributed by atoms with E-state index in [-0.39, 0.29) is 41.9 Å². The Morgan fingerprint density at radius 1 is 0.583 bits per heavy atom. The van der Waals surface area contributed by atoms with Crippen molar-refractivity contribution in [3.05, 3.63) is 94.8 Å². The Labute approximate surface area is 497 Å². The number of carbonyl (C=O) groups excluding carboxylic acids is 3. The molecule has 2 saturated carbocycles. The summed E-state index contributed by atoms with van der Waals surface area (Å²) in [6.07, 6.45) is 13.2. The van der Waals surface area contributed by atoms with E-state index in [1.165, 1.54) is 12.8 Å². The quantitative estimate of drug-likeness (QED) is 0.0638. The molecule has 0 spiro atoms. The highest BCUT2D eigenvalue weighted by Crippen LogP contribution is 2.44. The average Bonchev–Trinajstić information content (AvgIpc) is 3.00. The van der Waals surface area contributed by atoms with Gasteiger partial charge in [-0.15, -0.1) is 0 Å². The summed E-state index contributed by atoms with van der Waals surface area (Å²) in [5.74, 6) is 3.78. The maximum atomic E-state index is 13.8. The van der Waals surface area contributed by atoms with Crippen LogP contribution in [-0.4, -0.2) is 189 Å². The van der Waals surface area contributed by atoms with E-state index in [1.807, 2.05) is 75.5 Å². The summed E-state index contributed by atoms with van der Waals surface area (Å²) in [5, 5.41) is 23.9. The third-order valence-corrected chi connectivity index (χ3v) is 19.3. The highest BCUT2D eigenvalue weighted by molar-refractivity contribution is 5.95. The van der Waals surface area contributed by atoms with Crippen LogP contribution in [0.1, 0.15) is 147 Å². The number of aryl methyl sites for hydroxylation is 2. The standard InChI is InChI=1S/C64H92N14O6/c1-43(67-61(79)45-17-21-49(22-18-45)75-31-35-83-36-32-75)51-41-59(77-53-13-7-5-11-47(53)39-55(77)63(81)65-3)71-57(69-51)15-9-25-73-27-29-74(30-28-73)26-10-16-58-70-52(42-60(72-58)78-54-14-8-6-12-48(54)40-56(78)64(82)66-4)44(2)68-62(80)46-19-23-50(24-20-46)76-33-37-84-38-34-76/h17-24,41-44,47-48,53-56,63,65,81H,5-16,25-40H2,1-4H3,(H,66,82)(H,67,79)(H,68,80)/t43-,44-,47-,48-,53-,54-,55-,56-,63?/m0/s1. The van der Waals surface area contributed by atoms with Gasteiger partial charge in [0.15, 0.2) is 0 Å². The summed E-state index contributed by atoms with van der Waals surface area (Å²) >= 11 is 0. The average molecular weight is 1150 g/mol. The van der Waals surface area contributed by atoms with Gasteiger partial charge in [0.1, 0.15) is 35.6 Å². The minimum atomic E-state index is -0.694. The van der Waals surface area contributed by atoms with Gasteiger partial charge < -0.3 is 59.9 Å². The Kier molecular flexibility index (Phi) is 19.9. The van der Waals surface area contributed by atoms with E-state index >= 15 is 0 Å². The van der Waals surface area contributed by atoms with Crippen LogP contribution in [0.25, 0.3) is 0 Å². The first-order chi connectivity index (χ1) is 41.0. The van der Waals surface area contributed by atoms with E-state index in [9.17, 15) is 19.5 Å². The number of aliphatic hydroxyl groups excluding tert-OH is 1. The molecule has 0 radical (unpaired) electrons. The molecule has 20 nitrogen and oxygen atoms in total. The lowest BCUT2D eigenvalue weighted by molar-refractivity contribution is -0.121. The molecule has 2 aromatic carbocycles. The van der Waals surface area contributed by atoms with Gasteiger partial charge in [0.05, 0.1) is 55.9 Å². The Morgan fingerprint density at radius 3 is 1.49 bits per heavy atom. The van der Waals surface area contributed by atoms with E-state index < -0.39 is 12.3 Å². The number of aliphatic hydroxyl groups is 1. The lowest BCUT2D eigenvalue weighted by Gasteiger charge is -2.36. The van der Waals surface area contributed by atoms with Crippen molar-refractivity contribution in [3.8, 4) is 0 Å². The summed E-state index contributed by atoms with van der Waals surface area (Å²) in [6, 6.07) is 19.1. The number of hydrogen-bond acceptors (Lipinski definition) is 17. The van der Waals surface area contributed by atoms with Gasteiger partial charge in [0.25, 0.3) is 11.8 Å². The molecule has 9 atom stereocenters. The molecule has 7 aliphatic rings. The highest BCUT2D eigenvalue weighted by Gasteiger charge is 2.47. The van der Waals surface area contributed by atoms with Crippen LogP contribution in [0.2, 0.25) is 0 Å². The number of fused-ring (bicyclic) bond motifs is 2. The number of rotatable bonds is 21. The Balaban J connectivity index is 0.725. The molecule has 0 bridgehead atoms. The fourth-order valence-electron chi connectivity index (χ4n) is 14.6. The van der Waals surface area contributed by atoms with Crippen molar-refractivity contribution in [3.63, 3.8) is 0 Å². The number of nitrogens with one attached hydrogen (secondary N) is 4. The molecule has 5 aliphatic heterocycles. The van der Waals surface area contributed by atoms with Gasteiger partial charge >= 0.3 is 0 Å². The number of benzene rings is 2. The SMILES string of the molecule is CNC(=O)[C@@H]1C[C@@H]2CCCC[C@@H]2N1c1cc([C@H](C)NC(=O)c2ccc(N3CCOCC3)cc2)nc(CCCN2CCN(CCCc3nc([C@H](C)NC(=O)c4ccc(N5CCOCC5)cc4)cc(N4[C@H](C(O)NC)C[C@@H]5CCCC[C@@H]54)n3)CC2)n1. The maximum Gasteiger partial charge on any atom is 0.251 e. The van der Waals surface area contributed by atoms with E-state index in [0.29, 0.717) is 68.3 Å². The number of carbonyl (C=O) groups is 3. The normalized spacial score (nSPS) is 25.2. The van der Waals surface area contributed by atoms with Crippen LogP contribution < -0.4 is 40.9 Å². The van der Waals surface area contributed by atoms with Crippen molar-refractivity contribution in [2.75, 3.05) is 126 Å². The van der Waals surface area contributed by atoms with Crippen LogP contribution in [0.4, 0.5) is 23.0 Å². The lowest BCUT2D eigenvalue weighted by Crippen LogP contribution is -2.49. The van der Waals surface area contributed by atoms with E-state index in [0.717, 1.165) is 176 Å². The summed E-state index contributed by atoms with van der Waals surface area (Å²) in [4.78, 5) is 76.3. The number of likely N-dealkylation sites (N-methyl/N-ethyl adjacent to an activating group) is 2. The van der Waals surface area contributed by atoms with Crippen molar-refractivity contribution in [1.82, 2.24) is 51.0 Å². The minimum absolute atomic E-state index is 0.0215. The van der Waals surface area contributed by atoms with Gasteiger partial charge in [-0.25, -0.2) is 19.9 Å². The number of anilines is 4. The van der Waals surface area contributed by atoms with Gasteiger partial charge in [-0.2, -0.15) is 0 Å². The summed E-state index contributed by atoms with van der Waals surface area (Å²) in [7, 11) is 3.55. The first kappa shape index (κ1) is 59.7. The predicted octanol–water partition coefficient (Wildman–Crippen LogP) is 5.66. The number of hydrogen-bond donors (Lipinski definition) is 5. The van der Waals surface area contributed by atoms with Crippen LogP contribution in [0, 0.1) is 11.8 Å². The third kappa shape index (κ3) is 14.1. The Hall–Kier alpha value is -6.03. The number of piperazine rings is 1. The van der Waals surface area contributed by atoms with Gasteiger partial charge in [-0.1, -0.05) is 25.7 Å². The largest absolute Gasteiger partial charge is 0.378 e. The van der Waals surface area contributed by atoms with E-state index in [1.54, 1.807) is 7.05 Å². The number of ether oxygens (including phenoxy) is 2. The zero-order valence-electron chi connectivity index (χ0n) is 50.2. The fraction of sp³-hybridized carbons (Fsp3) is 0.641. The molecular formula is C64H92N14O6. The predicted molar refractivity (Wildman–Crippen MR) is 327 cm³/mol. The molecule has 7 fully saturated rings. The minimum Gasteiger partial charge on any atom is -0.378 e. The first-order valence-electron chi connectivity index (χ1n) is 31.8. The van der Waals surface area contributed by atoms with Gasteiger partial charge in [0.2, 0.25) is 5.91 Å². The van der Waals surface area contributed by atoms with Crippen LogP contribution in [0.15, 0.2) is 60.7 Å². The number of nitrogens with zero attached hydrogens (tertiary/aromatic N) is 10. The number of amides is 3. The summed E-state index contributed by atoms with van der Waals surface area (Å²) < 4.78 is 11.1. The second-order valence-corrected chi connectivity index (χ2v) is 24.6. The van der Waals surface area contributed by atoms with Gasteiger partial charge in [0, 0.05) is 119 Å². The molecule has 454 valence electrons. The van der Waals surface area contributed by atoms with Crippen LogP contribution in [0.3, 0.4) is 0 Å². The highest BCUT2D eigenvalue weighted by atomic mass is 16.5. The van der Waals surface area contributed by atoms with Crippen LogP contribution in [0.5, 0.6) is 0 Å². The molecule has 2 aromatic heterocycles. The van der Waals surface area contributed by atoms with Crippen molar-refractivity contribution >= 4 is 40.7 Å². The zero-order chi connectivity index (χ0) is 58.1. The van der Waals surface area contributed by atoms with Gasteiger partial charge in [-0.3, -0.25) is 19.7 Å². The van der Waals surface area contributed by atoms with Crippen molar-refractivity contribution in [1.29, 1.82) is 0 Å². The lowest BCUT2D eigenvalue weighted by atomic mass is 9.84. The Bertz CT molecular complexity index is 2830.